The van der Waals surface area contributed by atoms with Crippen molar-refractivity contribution in [1.82, 2.24) is 0 Å². The van der Waals surface area contributed by atoms with Crippen LogP contribution in [0.2, 0.25) is 0 Å². The average Bonchev–Trinajstić information content (AvgIpc) is 2.44. The molecule has 0 amide bonds. The van der Waals surface area contributed by atoms with E-state index in [-0.39, 0.29) is 33.9 Å². The van der Waals surface area contributed by atoms with Crippen LogP contribution in [0.1, 0.15) is 82.6 Å². The van der Waals surface area contributed by atoms with E-state index in [9.17, 15) is 4.79 Å². The molecule has 0 N–H and O–H groups in total. The van der Waals surface area contributed by atoms with E-state index >= 15 is 0 Å². The second-order valence-corrected chi connectivity index (χ2v) is 6.16. The Hall–Kier alpha value is -0.530. The van der Waals surface area contributed by atoms with Gasteiger partial charge in [0.1, 0.15) is 5.60 Å². The number of esters is 1. The van der Waals surface area contributed by atoms with Gasteiger partial charge in [-0.1, -0.05) is 42.5 Å². The minimum atomic E-state index is -0.344. The zero-order valence-electron chi connectivity index (χ0n) is 11.4. The van der Waals surface area contributed by atoms with Gasteiger partial charge in [0.2, 0.25) is 0 Å². The van der Waals surface area contributed by atoms with Crippen LogP contribution in [0.3, 0.4) is 0 Å². The molecular weight excluding hydrogens is 236 g/mol. The summed E-state index contributed by atoms with van der Waals surface area (Å²) in [5.74, 6) is 2.01. The Kier molecular flexibility index (Phi) is 11.6. The van der Waals surface area contributed by atoms with Gasteiger partial charge in [0, 0.05) is 6.42 Å². The first-order valence-corrected chi connectivity index (χ1v) is 6.55. The number of rotatable bonds is 3. The Morgan fingerprint density at radius 2 is 1.58 bits per heavy atom. The molecule has 1 aliphatic rings. The first-order valence-electron chi connectivity index (χ1n) is 6.55. The van der Waals surface area contributed by atoms with Crippen LogP contribution in [0.15, 0.2) is 0 Å². The number of hydrogen-bond donors (Lipinski definition) is 0. The lowest BCUT2D eigenvalue weighted by Gasteiger charge is -2.23. The molecule has 0 aromatic rings. The maximum absolute atomic E-state index is 11.7. The minimum Gasteiger partial charge on any atom is -0.460 e. The van der Waals surface area contributed by atoms with Gasteiger partial charge >= 0.3 is 5.97 Å². The third-order valence-corrected chi connectivity index (χ3v) is 3.77. The van der Waals surface area contributed by atoms with E-state index in [4.69, 9.17) is 4.74 Å². The summed E-state index contributed by atoms with van der Waals surface area (Å²) in [7, 11) is 0. The summed E-state index contributed by atoms with van der Waals surface area (Å²) in [6.07, 6.45) is 4.32. The minimum absolute atomic E-state index is 0. The number of ether oxygens (including phenoxy) is 1. The topological polar surface area (TPSA) is 26.3 Å². The lowest BCUT2D eigenvalue weighted by molar-refractivity contribution is -0.156. The quantitative estimate of drug-likeness (QED) is 0.617. The molecule has 19 heavy (non-hydrogen) atoms. The zero-order chi connectivity index (χ0) is 12.3. The summed E-state index contributed by atoms with van der Waals surface area (Å²) < 4.78 is 5.38. The van der Waals surface area contributed by atoms with Gasteiger partial charge in [-0.2, -0.15) is 0 Å². The van der Waals surface area contributed by atoms with Crippen molar-refractivity contribution >= 4 is 5.97 Å². The van der Waals surface area contributed by atoms with Gasteiger partial charge in [-0.15, -0.1) is 0 Å². The molecule has 0 aromatic carbocycles. The molecule has 0 heterocycles. The van der Waals surface area contributed by atoms with Crippen molar-refractivity contribution in [2.24, 2.45) is 17.8 Å². The Morgan fingerprint density at radius 1 is 1.11 bits per heavy atom. The van der Waals surface area contributed by atoms with Gasteiger partial charge in [0.05, 0.1) is 0 Å². The van der Waals surface area contributed by atoms with E-state index in [0.29, 0.717) is 18.3 Å². The maximum atomic E-state index is 11.7. The molecule has 0 aromatic heterocycles. The summed E-state index contributed by atoms with van der Waals surface area (Å²) in [5, 5.41) is 0. The predicted octanol–water partition coefficient (Wildman–Crippen LogP) is 5.70. The van der Waals surface area contributed by atoms with E-state index in [1.165, 1.54) is 19.3 Å². The fraction of sp³-hybridized carbons (Fsp3) is 0.941. The summed E-state index contributed by atoms with van der Waals surface area (Å²) >= 11 is 0. The highest BCUT2D eigenvalue weighted by Gasteiger charge is 2.33. The van der Waals surface area contributed by atoms with Crippen LogP contribution in [0.4, 0.5) is 0 Å². The zero-order valence-corrected chi connectivity index (χ0v) is 11.4. The highest BCUT2D eigenvalue weighted by Crippen LogP contribution is 2.40. The smallest absolute Gasteiger partial charge is 0.306 e. The van der Waals surface area contributed by atoms with Crippen LogP contribution in [0.25, 0.3) is 0 Å². The molecule has 0 aliphatic heterocycles. The van der Waals surface area contributed by atoms with Gasteiger partial charge < -0.3 is 4.74 Å². The van der Waals surface area contributed by atoms with E-state index in [0.717, 1.165) is 5.92 Å². The van der Waals surface area contributed by atoms with Crippen molar-refractivity contribution in [2.45, 2.75) is 88.2 Å². The summed E-state index contributed by atoms with van der Waals surface area (Å²) in [5.41, 5.74) is -0.344. The molecule has 0 bridgehead atoms. The molecule has 0 saturated heterocycles. The van der Waals surface area contributed by atoms with E-state index in [1.54, 1.807) is 0 Å². The van der Waals surface area contributed by atoms with Crippen LogP contribution in [0.5, 0.6) is 0 Å². The van der Waals surface area contributed by atoms with E-state index in [1.807, 2.05) is 20.8 Å². The molecule has 1 rings (SSSR count). The van der Waals surface area contributed by atoms with Crippen molar-refractivity contribution in [3.8, 4) is 0 Å². The Labute approximate surface area is 122 Å². The molecular formula is C17H38O2. The largest absolute Gasteiger partial charge is 0.460 e. The normalized spacial score (nSPS) is 25.6. The van der Waals surface area contributed by atoms with Crippen molar-refractivity contribution in [2.75, 3.05) is 0 Å². The predicted molar refractivity (Wildman–Crippen MR) is 86.3 cm³/mol. The summed E-state index contributed by atoms with van der Waals surface area (Å²) in [6.45, 7) is 10.3. The van der Waals surface area contributed by atoms with Crippen LogP contribution in [-0.4, -0.2) is 11.6 Å². The Morgan fingerprint density at radius 3 is 1.95 bits per heavy atom. The lowest BCUT2D eigenvalue weighted by atomic mass is 9.88. The Balaban J connectivity index is -0.000000853. The average molecular weight is 274 g/mol. The monoisotopic (exact) mass is 274 g/mol. The molecule has 1 aliphatic carbocycles. The molecule has 2 nitrogen and oxygen atoms in total. The first kappa shape index (κ1) is 23.6. The van der Waals surface area contributed by atoms with Crippen LogP contribution < -0.4 is 0 Å². The molecule has 1 saturated carbocycles. The van der Waals surface area contributed by atoms with Crippen LogP contribution >= 0.6 is 0 Å². The third kappa shape index (κ3) is 7.59. The first-order chi connectivity index (χ1) is 7.33. The molecule has 0 spiro atoms. The SMILES string of the molecule is C.C.C.CCC1CCC(CC(=O)OC(C)(C)C)C1C. The lowest BCUT2D eigenvalue weighted by Crippen LogP contribution is -2.26. The van der Waals surface area contributed by atoms with Crippen molar-refractivity contribution < 1.29 is 9.53 Å². The van der Waals surface area contributed by atoms with Crippen LogP contribution in [-0.2, 0) is 9.53 Å². The molecule has 0 radical (unpaired) electrons. The highest BCUT2D eigenvalue weighted by atomic mass is 16.6. The third-order valence-electron chi connectivity index (χ3n) is 3.77. The number of carbonyl (C=O) groups is 1. The summed E-state index contributed by atoms with van der Waals surface area (Å²) in [6, 6.07) is 0. The van der Waals surface area contributed by atoms with Gasteiger partial charge in [0.25, 0.3) is 0 Å². The molecule has 3 atom stereocenters. The second-order valence-electron chi connectivity index (χ2n) is 6.16. The van der Waals surface area contributed by atoms with Crippen LogP contribution in [0, 0.1) is 17.8 Å². The fourth-order valence-corrected chi connectivity index (χ4v) is 2.80. The number of carbonyl (C=O) groups excluding carboxylic acids is 1. The molecule has 1 fully saturated rings. The highest BCUT2D eigenvalue weighted by molar-refractivity contribution is 5.70. The van der Waals surface area contributed by atoms with Gasteiger partial charge in [0.15, 0.2) is 0 Å². The van der Waals surface area contributed by atoms with E-state index in [2.05, 4.69) is 13.8 Å². The Bertz CT molecular complexity index is 240. The second kappa shape index (κ2) is 9.39. The van der Waals surface area contributed by atoms with E-state index < -0.39 is 0 Å². The van der Waals surface area contributed by atoms with Crippen molar-refractivity contribution in [3.63, 3.8) is 0 Å². The van der Waals surface area contributed by atoms with Crippen molar-refractivity contribution in [1.29, 1.82) is 0 Å². The fourth-order valence-electron chi connectivity index (χ4n) is 2.80. The standard InChI is InChI=1S/C14H26O2.3CH4/c1-6-11-7-8-12(10(11)2)9-13(15)16-14(3,4)5;;;/h10-12H,6-9H2,1-5H3;3*1H4. The van der Waals surface area contributed by atoms with Gasteiger partial charge in [-0.25, -0.2) is 0 Å². The molecule has 2 heteroatoms. The van der Waals surface area contributed by atoms with Gasteiger partial charge in [-0.3, -0.25) is 4.79 Å². The van der Waals surface area contributed by atoms with Gasteiger partial charge in [-0.05, 0) is 51.4 Å². The maximum Gasteiger partial charge on any atom is 0.306 e. The summed E-state index contributed by atoms with van der Waals surface area (Å²) in [4.78, 5) is 11.7. The number of hydrogen-bond acceptors (Lipinski definition) is 2. The molecule has 3 unspecified atom stereocenters. The van der Waals surface area contributed by atoms with Crippen molar-refractivity contribution in [3.05, 3.63) is 0 Å². The molecule has 118 valence electrons.